The Labute approximate surface area is 97.4 Å². The van der Waals surface area contributed by atoms with E-state index in [4.69, 9.17) is 9.84 Å². The Morgan fingerprint density at radius 1 is 1.59 bits per heavy atom. The van der Waals surface area contributed by atoms with Crippen molar-refractivity contribution in [3.05, 3.63) is 12.7 Å². The van der Waals surface area contributed by atoms with Gasteiger partial charge in [-0.15, -0.1) is 0 Å². The van der Waals surface area contributed by atoms with E-state index in [0.29, 0.717) is 0 Å². The molecule has 1 heterocycles. The number of carboxylic acids is 1. The topological polar surface area (TPSA) is 102 Å². The summed E-state index contributed by atoms with van der Waals surface area (Å²) in [5.41, 5.74) is 0. The number of nitrogens with one attached hydrogen (secondary N) is 1. The molecule has 0 aliphatic carbocycles. The van der Waals surface area contributed by atoms with Gasteiger partial charge < -0.3 is 14.6 Å². The SMILES string of the molecule is C=CCOC(=O)C1NC(CCC(=O)O)C(=O)O1. The molecule has 0 aromatic heterocycles. The van der Waals surface area contributed by atoms with Crippen molar-refractivity contribution in [2.45, 2.75) is 25.1 Å². The predicted octanol–water partition coefficient (Wildman–Crippen LogP) is -0.579. The first-order valence-corrected chi connectivity index (χ1v) is 5.00. The molecule has 0 radical (unpaired) electrons. The van der Waals surface area contributed by atoms with Gasteiger partial charge in [0.15, 0.2) is 0 Å². The second-order valence-corrected chi connectivity index (χ2v) is 3.39. The van der Waals surface area contributed by atoms with E-state index in [1.165, 1.54) is 6.08 Å². The van der Waals surface area contributed by atoms with Crippen LogP contribution in [-0.2, 0) is 23.9 Å². The predicted molar refractivity (Wildman–Crippen MR) is 54.8 cm³/mol. The zero-order valence-electron chi connectivity index (χ0n) is 9.05. The van der Waals surface area contributed by atoms with Crippen molar-refractivity contribution in [3.8, 4) is 0 Å². The number of hydrogen-bond acceptors (Lipinski definition) is 6. The molecule has 1 fully saturated rings. The van der Waals surface area contributed by atoms with E-state index in [0.717, 1.165) is 0 Å². The summed E-state index contributed by atoms with van der Waals surface area (Å²) in [5, 5.41) is 11.0. The van der Waals surface area contributed by atoms with Gasteiger partial charge in [-0.3, -0.25) is 14.9 Å². The second-order valence-electron chi connectivity index (χ2n) is 3.39. The van der Waals surface area contributed by atoms with E-state index in [1.807, 2.05) is 0 Å². The van der Waals surface area contributed by atoms with E-state index >= 15 is 0 Å². The average Bonchev–Trinajstić information content (AvgIpc) is 2.65. The molecule has 2 N–H and O–H groups in total. The van der Waals surface area contributed by atoms with Crippen molar-refractivity contribution >= 4 is 17.9 Å². The second kappa shape index (κ2) is 6.00. The molecular weight excluding hydrogens is 230 g/mol. The lowest BCUT2D eigenvalue weighted by Gasteiger charge is -2.08. The van der Waals surface area contributed by atoms with Gasteiger partial charge in [0.05, 0.1) is 0 Å². The van der Waals surface area contributed by atoms with Gasteiger partial charge in [-0.1, -0.05) is 12.7 Å². The van der Waals surface area contributed by atoms with Crippen molar-refractivity contribution < 1.29 is 29.0 Å². The summed E-state index contributed by atoms with van der Waals surface area (Å²) in [6.45, 7) is 3.39. The van der Waals surface area contributed by atoms with E-state index < -0.39 is 30.2 Å². The van der Waals surface area contributed by atoms with Gasteiger partial charge in [-0.05, 0) is 6.42 Å². The number of esters is 2. The maximum Gasteiger partial charge on any atom is 0.363 e. The molecule has 0 saturated carbocycles. The lowest BCUT2D eigenvalue weighted by molar-refractivity contribution is -0.161. The Morgan fingerprint density at radius 2 is 2.29 bits per heavy atom. The normalized spacial score (nSPS) is 22.9. The molecule has 0 bridgehead atoms. The fourth-order valence-corrected chi connectivity index (χ4v) is 1.28. The zero-order chi connectivity index (χ0) is 12.8. The molecule has 0 spiro atoms. The van der Waals surface area contributed by atoms with Crippen molar-refractivity contribution in [1.82, 2.24) is 5.32 Å². The summed E-state index contributed by atoms with van der Waals surface area (Å²) in [7, 11) is 0. The highest BCUT2D eigenvalue weighted by atomic mass is 16.6. The first-order chi connectivity index (χ1) is 8.04. The fraction of sp³-hybridized carbons (Fsp3) is 0.500. The lowest BCUT2D eigenvalue weighted by atomic mass is 10.2. The van der Waals surface area contributed by atoms with Crippen molar-refractivity contribution in [3.63, 3.8) is 0 Å². The van der Waals surface area contributed by atoms with Crippen molar-refractivity contribution in [2.75, 3.05) is 6.61 Å². The molecule has 2 unspecified atom stereocenters. The van der Waals surface area contributed by atoms with Crippen LogP contribution in [0.1, 0.15) is 12.8 Å². The molecule has 0 aromatic rings. The summed E-state index contributed by atoms with van der Waals surface area (Å²) in [4.78, 5) is 32.9. The third-order valence-corrected chi connectivity index (χ3v) is 2.08. The molecular formula is C10H13NO6. The van der Waals surface area contributed by atoms with Gasteiger partial charge in [0, 0.05) is 6.42 Å². The van der Waals surface area contributed by atoms with Crippen LogP contribution in [0.25, 0.3) is 0 Å². The molecule has 1 saturated heterocycles. The molecule has 1 aliphatic rings. The van der Waals surface area contributed by atoms with Crippen LogP contribution in [0.3, 0.4) is 0 Å². The van der Waals surface area contributed by atoms with Crippen LogP contribution in [0.2, 0.25) is 0 Å². The Morgan fingerprint density at radius 3 is 2.88 bits per heavy atom. The largest absolute Gasteiger partial charge is 0.481 e. The summed E-state index contributed by atoms with van der Waals surface area (Å²) in [6, 6.07) is -0.785. The van der Waals surface area contributed by atoms with Crippen molar-refractivity contribution in [1.29, 1.82) is 0 Å². The fourth-order valence-electron chi connectivity index (χ4n) is 1.28. The van der Waals surface area contributed by atoms with Crippen LogP contribution in [0.15, 0.2) is 12.7 Å². The van der Waals surface area contributed by atoms with Gasteiger partial charge in [0.2, 0.25) is 0 Å². The minimum absolute atomic E-state index is 0.0222. The first-order valence-electron chi connectivity index (χ1n) is 5.00. The van der Waals surface area contributed by atoms with Crippen LogP contribution >= 0.6 is 0 Å². The summed E-state index contributed by atoms with van der Waals surface area (Å²) in [6.07, 6.45) is 0.109. The van der Waals surface area contributed by atoms with E-state index in [9.17, 15) is 14.4 Å². The van der Waals surface area contributed by atoms with Crippen LogP contribution in [0, 0.1) is 0 Å². The van der Waals surface area contributed by atoms with Crippen LogP contribution in [-0.4, -0.2) is 41.9 Å². The molecule has 0 amide bonds. The number of carboxylic acid groups (broad SMARTS) is 1. The molecule has 1 rings (SSSR count). The highest BCUT2D eigenvalue weighted by Crippen LogP contribution is 2.11. The van der Waals surface area contributed by atoms with Crippen molar-refractivity contribution in [2.24, 2.45) is 0 Å². The number of cyclic esters (lactones) is 1. The summed E-state index contributed by atoms with van der Waals surface area (Å²) >= 11 is 0. The smallest absolute Gasteiger partial charge is 0.363 e. The molecule has 7 heteroatoms. The molecule has 0 aromatic carbocycles. The molecule has 2 atom stereocenters. The Hall–Kier alpha value is -1.89. The van der Waals surface area contributed by atoms with Gasteiger partial charge in [-0.2, -0.15) is 0 Å². The Balaban J connectivity index is 2.42. The minimum Gasteiger partial charge on any atom is -0.481 e. The summed E-state index contributed by atoms with van der Waals surface area (Å²) in [5.74, 6) is -2.39. The standard InChI is InChI=1S/C10H13NO6/c1-2-5-16-10(15)8-11-6(9(14)17-8)3-4-7(12)13/h2,6,8,11H,1,3-5H2,(H,12,13). The zero-order valence-corrected chi connectivity index (χ0v) is 9.05. The third kappa shape index (κ3) is 3.87. The van der Waals surface area contributed by atoms with E-state index in [1.54, 1.807) is 0 Å². The number of rotatable bonds is 6. The highest BCUT2D eigenvalue weighted by Gasteiger charge is 2.38. The molecule has 1 aliphatic heterocycles. The van der Waals surface area contributed by atoms with E-state index in [2.05, 4.69) is 16.6 Å². The van der Waals surface area contributed by atoms with Gasteiger partial charge >= 0.3 is 17.9 Å². The first kappa shape index (κ1) is 13.2. The Kier molecular flexibility index (Phi) is 4.65. The number of carbonyl (C=O) groups is 3. The number of hydrogen-bond donors (Lipinski definition) is 2. The maximum atomic E-state index is 11.3. The quantitative estimate of drug-likeness (QED) is 0.475. The van der Waals surface area contributed by atoms with Gasteiger partial charge in [-0.25, -0.2) is 4.79 Å². The van der Waals surface area contributed by atoms with E-state index in [-0.39, 0.29) is 19.4 Å². The highest BCUT2D eigenvalue weighted by molar-refractivity contribution is 5.85. The molecule has 17 heavy (non-hydrogen) atoms. The van der Waals surface area contributed by atoms with Gasteiger partial charge in [0.1, 0.15) is 12.6 Å². The van der Waals surface area contributed by atoms with Crippen LogP contribution in [0.4, 0.5) is 0 Å². The average molecular weight is 243 g/mol. The number of aliphatic carboxylic acids is 1. The third-order valence-electron chi connectivity index (χ3n) is 2.08. The minimum atomic E-state index is -1.17. The summed E-state index contributed by atoms with van der Waals surface area (Å²) < 4.78 is 9.40. The molecule has 94 valence electrons. The maximum absolute atomic E-state index is 11.3. The lowest BCUT2D eigenvalue weighted by Crippen LogP contribution is -2.38. The number of carbonyl (C=O) groups excluding carboxylic acids is 2. The van der Waals surface area contributed by atoms with Crippen LogP contribution in [0.5, 0.6) is 0 Å². The number of ether oxygens (including phenoxy) is 2. The van der Waals surface area contributed by atoms with Gasteiger partial charge in [0.25, 0.3) is 6.23 Å². The molecule has 7 nitrogen and oxygen atoms in total. The monoisotopic (exact) mass is 243 g/mol. The van der Waals surface area contributed by atoms with Crippen LogP contribution < -0.4 is 5.32 Å². The Bertz CT molecular complexity index is 340.